The van der Waals surface area contributed by atoms with Crippen molar-refractivity contribution in [1.82, 2.24) is 5.32 Å². The number of rotatable bonds is 6. The number of anilines is 2. The zero-order valence-corrected chi connectivity index (χ0v) is 19.1. The Morgan fingerprint density at radius 3 is 2.58 bits per heavy atom. The van der Waals surface area contributed by atoms with Gasteiger partial charge in [-0.25, -0.2) is 0 Å². The van der Waals surface area contributed by atoms with Gasteiger partial charge >= 0.3 is 5.97 Å². The molecule has 9 heteroatoms. The molecule has 0 aliphatic carbocycles. The number of amides is 2. The standard InChI is InChI=1S/C24H19ClN2O5S/c1-31-17-6-4-5-15(11-17)24(30)26-13-23(29)32-14-22(28)27-18-7-2-3-8-20(18)33-21-10-9-16(25)12-19(21)27/h2-12H,13-14H2,1H3,(H,26,30). The smallest absolute Gasteiger partial charge is 0.325 e. The molecule has 0 spiro atoms. The van der Waals surface area contributed by atoms with Crippen molar-refractivity contribution in [3.8, 4) is 5.75 Å². The van der Waals surface area contributed by atoms with Crippen LogP contribution in [0, 0.1) is 0 Å². The molecule has 168 valence electrons. The molecule has 0 bridgehead atoms. The van der Waals surface area contributed by atoms with Crippen LogP contribution in [0.15, 0.2) is 76.5 Å². The van der Waals surface area contributed by atoms with Gasteiger partial charge < -0.3 is 14.8 Å². The highest BCUT2D eigenvalue weighted by Crippen LogP contribution is 2.48. The lowest BCUT2D eigenvalue weighted by Crippen LogP contribution is -2.35. The van der Waals surface area contributed by atoms with Gasteiger partial charge in [-0.15, -0.1) is 0 Å². The molecule has 1 aliphatic heterocycles. The Kier molecular flexibility index (Phi) is 6.86. The van der Waals surface area contributed by atoms with Crippen LogP contribution >= 0.6 is 23.4 Å². The second-order valence-electron chi connectivity index (χ2n) is 6.99. The topological polar surface area (TPSA) is 84.9 Å². The van der Waals surface area contributed by atoms with Gasteiger partial charge in [0, 0.05) is 20.4 Å². The number of ether oxygens (including phenoxy) is 2. The van der Waals surface area contributed by atoms with Crippen LogP contribution in [0.3, 0.4) is 0 Å². The van der Waals surface area contributed by atoms with Crippen LogP contribution in [-0.4, -0.2) is 38.0 Å². The molecule has 2 amide bonds. The maximum atomic E-state index is 13.1. The van der Waals surface area contributed by atoms with E-state index in [4.69, 9.17) is 21.1 Å². The van der Waals surface area contributed by atoms with Crippen molar-refractivity contribution in [2.24, 2.45) is 0 Å². The Labute approximate surface area is 199 Å². The molecule has 33 heavy (non-hydrogen) atoms. The lowest BCUT2D eigenvalue weighted by atomic mass is 10.2. The molecule has 1 aliphatic rings. The van der Waals surface area contributed by atoms with E-state index in [1.165, 1.54) is 23.8 Å². The van der Waals surface area contributed by atoms with Gasteiger partial charge in [0.1, 0.15) is 12.3 Å². The average Bonchev–Trinajstić information content (AvgIpc) is 2.84. The van der Waals surface area contributed by atoms with E-state index in [1.54, 1.807) is 36.4 Å². The molecule has 3 aromatic rings. The number of nitrogens with one attached hydrogen (secondary N) is 1. The molecule has 7 nitrogen and oxygen atoms in total. The molecule has 0 saturated carbocycles. The summed E-state index contributed by atoms with van der Waals surface area (Å²) >= 11 is 7.69. The molecule has 0 radical (unpaired) electrons. The van der Waals surface area contributed by atoms with Crippen LogP contribution in [0.1, 0.15) is 10.4 Å². The minimum atomic E-state index is -0.731. The van der Waals surface area contributed by atoms with Crippen molar-refractivity contribution in [1.29, 1.82) is 0 Å². The van der Waals surface area contributed by atoms with E-state index in [0.717, 1.165) is 9.79 Å². The maximum Gasteiger partial charge on any atom is 0.325 e. The molecule has 0 atom stereocenters. The number of halogens is 1. The third-order valence-corrected chi connectivity index (χ3v) is 6.18. The number of nitrogens with zero attached hydrogens (tertiary/aromatic N) is 1. The van der Waals surface area contributed by atoms with E-state index < -0.39 is 24.4 Å². The summed E-state index contributed by atoms with van der Waals surface area (Å²) in [7, 11) is 1.50. The number of methoxy groups -OCH3 is 1. The second kappa shape index (κ2) is 9.97. The SMILES string of the molecule is COc1cccc(C(=O)NCC(=O)OCC(=O)N2c3ccccc3Sc3ccc(Cl)cc32)c1. The van der Waals surface area contributed by atoms with E-state index in [9.17, 15) is 14.4 Å². The fourth-order valence-corrected chi connectivity index (χ4v) is 4.48. The minimum absolute atomic E-state index is 0.342. The van der Waals surface area contributed by atoms with Gasteiger partial charge in [-0.2, -0.15) is 0 Å². The molecule has 3 aromatic carbocycles. The Morgan fingerprint density at radius 2 is 1.76 bits per heavy atom. The normalized spacial score (nSPS) is 11.8. The van der Waals surface area contributed by atoms with E-state index in [2.05, 4.69) is 5.32 Å². The highest BCUT2D eigenvalue weighted by Gasteiger charge is 2.29. The molecule has 0 saturated heterocycles. The lowest BCUT2D eigenvalue weighted by Gasteiger charge is -2.31. The van der Waals surface area contributed by atoms with Crippen LogP contribution in [0.4, 0.5) is 11.4 Å². The van der Waals surface area contributed by atoms with Gasteiger partial charge in [0.2, 0.25) is 0 Å². The Bertz CT molecular complexity index is 1230. The predicted octanol–water partition coefficient (Wildman–Crippen LogP) is 4.45. The Hall–Kier alpha value is -3.49. The Morgan fingerprint density at radius 1 is 0.970 bits per heavy atom. The van der Waals surface area contributed by atoms with Gasteiger partial charge in [0.25, 0.3) is 11.8 Å². The van der Waals surface area contributed by atoms with Crippen molar-refractivity contribution in [3.05, 3.63) is 77.3 Å². The molecule has 1 heterocycles. The van der Waals surface area contributed by atoms with Crippen LogP contribution in [0.2, 0.25) is 5.02 Å². The van der Waals surface area contributed by atoms with Gasteiger partial charge in [0.15, 0.2) is 6.61 Å². The first-order valence-corrected chi connectivity index (χ1v) is 11.1. The van der Waals surface area contributed by atoms with Crippen LogP contribution in [0.5, 0.6) is 5.75 Å². The van der Waals surface area contributed by atoms with Gasteiger partial charge in [-0.3, -0.25) is 19.3 Å². The van der Waals surface area contributed by atoms with Crippen molar-refractivity contribution in [3.63, 3.8) is 0 Å². The first-order valence-electron chi connectivity index (χ1n) is 9.93. The van der Waals surface area contributed by atoms with Gasteiger partial charge in [-0.05, 0) is 48.5 Å². The summed E-state index contributed by atoms with van der Waals surface area (Å²) < 4.78 is 10.2. The van der Waals surface area contributed by atoms with E-state index in [1.807, 2.05) is 30.3 Å². The highest BCUT2D eigenvalue weighted by atomic mass is 35.5. The molecule has 4 rings (SSSR count). The van der Waals surface area contributed by atoms with Crippen molar-refractivity contribution >= 4 is 52.5 Å². The molecule has 0 aromatic heterocycles. The first-order chi connectivity index (χ1) is 16.0. The summed E-state index contributed by atoms with van der Waals surface area (Å²) in [6.45, 7) is -0.864. The van der Waals surface area contributed by atoms with Crippen LogP contribution in [-0.2, 0) is 14.3 Å². The van der Waals surface area contributed by atoms with E-state index in [-0.39, 0.29) is 6.54 Å². The minimum Gasteiger partial charge on any atom is -0.497 e. The van der Waals surface area contributed by atoms with E-state index in [0.29, 0.717) is 27.7 Å². The summed E-state index contributed by atoms with van der Waals surface area (Å²) in [6.07, 6.45) is 0. The quantitative estimate of drug-likeness (QED) is 0.522. The summed E-state index contributed by atoms with van der Waals surface area (Å²) in [6, 6.07) is 19.3. The molecule has 0 fully saturated rings. The van der Waals surface area contributed by atoms with Crippen LogP contribution < -0.4 is 15.0 Å². The van der Waals surface area contributed by atoms with Gasteiger partial charge in [0.05, 0.1) is 18.5 Å². The fraction of sp³-hybridized carbons (Fsp3) is 0.125. The van der Waals surface area contributed by atoms with Crippen LogP contribution in [0.25, 0.3) is 0 Å². The number of para-hydroxylation sites is 1. The predicted molar refractivity (Wildman–Crippen MR) is 125 cm³/mol. The maximum absolute atomic E-state index is 13.1. The van der Waals surface area contributed by atoms with Crippen molar-refractivity contribution < 1.29 is 23.9 Å². The summed E-state index contributed by atoms with van der Waals surface area (Å²) in [4.78, 5) is 40.7. The monoisotopic (exact) mass is 482 g/mol. The summed E-state index contributed by atoms with van der Waals surface area (Å²) in [5.74, 6) is -1.09. The average molecular weight is 483 g/mol. The second-order valence-corrected chi connectivity index (χ2v) is 8.51. The third kappa shape index (κ3) is 5.13. The van der Waals surface area contributed by atoms with Crippen molar-refractivity contribution in [2.45, 2.75) is 9.79 Å². The number of hydrogen-bond donors (Lipinski definition) is 1. The highest BCUT2D eigenvalue weighted by molar-refractivity contribution is 7.99. The van der Waals surface area contributed by atoms with Gasteiger partial charge in [-0.1, -0.05) is 41.6 Å². The zero-order valence-electron chi connectivity index (χ0n) is 17.5. The molecular weight excluding hydrogens is 464 g/mol. The molecule has 0 unspecified atom stereocenters. The number of hydrogen-bond acceptors (Lipinski definition) is 6. The van der Waals surface area contributed by atoms with Crippen molar-refractivity contribution in [2.75, 3.05) is 25.2 Å². The third-order valence-electron chi connectivity index (χ3n) is 4.82. The first kappa shape index (κ1) is 22.7. The Balaban J connectivity index is 1.40. The summed E-state index contributed by atoms with van der Waals surface area (Å²) in [5.41, 5.74) is 1.65. The number of carbonyl (C=O) groups excluding carboxylic acids is 3. The zero-order chi connectivity index (χ0) is 23.4. The fourth-order valence-electron chi connectivity index (χ4n) is 3.27. The lowest BCUT2D eigenvalue weighted by molar-refractivity contribution is -0.146. The van der Waals surface area contributed by atoms with E-state index >= 15 is 0 Å². The molecular formula is C24H19ClN2O5S. The number of fused-ring (bicyclic) bond motifs is 2. The number of benzene rings is 3. The molecule has 1 N–H and O–H groups in total. The number of esters is 1. The number of carbonyl (C=O) groups is 3. The summed E-state index contributed by atoms with van der Waals surface area (Å²) in [5, 5.41) is 2.97. The largest absolute Gasteiger partial charge is 0.497 e.